The number of alkyl halides is 3. The van der Waals surface area contributed by atoms with E-state index in [2.05, 4.69) is 9.72 Å². The van der Waals surface area contributed by atoms with E-state index in [4.69, 9.17) is 5.26 Å². The predicted octanol–water partition coefficient (Wildman–Crippen LogP) is 3.43. The molecule has 0 saturated heterocycles. The van der Waals surface area contributed by atoms with Crippen molar-refractivity contribution in [1.82, 2.24) is 4.98 Å². The highest BCUT2D eigenvalue weighted by molar-refractivity contribution is 5.67. The Bertz CT molecular complexity index is 752. The lowest BCUT2D eigenvalue weighted by atomic mass is 10.1. The third-order valence-electron chi connectivity index (χ3n) is 2.59. The highest BCUT2D eigenvalue weighted by atomic mass is 19.4. The molecule has 0 N–H and O–H groups in total. The number of hydrogen-bond acceptors (Lipinski definition) is 5. The Hall–Kier alpha value is -3.15. The van der Waals surface area contributed by atoms with Gasteiger partial charge in [-0.15, -0.1) is 13.2 Å². The summed E-state index contributed by atoms with van der Waals surface area (Å²) < 4.78 is 39.9. The van der Waals surface area contributed by atoms with Crippen LogP contribution in [0.15, 0.2) is 36.5 Å². The van der Waals surface area contributed by atoms with Crippen molar-refractivity contribution in [3.8, 4) is 22.9 Å². The molecule has 112 valence electrons. The molecule has 0 radical (unpaired) electrons. The van der Waals surface area contributed by atoms with Crippen LogP contribution in [0.5, 0.6) is 5.75 Å². The van der Waals surface area contributed by atoms with Gasteiger partial charge in [-0.1, -0.05) is 12.1 Å². The minimum absolute atomic E-state index is 0.296. The summed E-state index contributed by atoms with van der Waals surface area (Å²) in [7, 11) is 0. The van der Waals surface area contributed by atoms with Crippen molar-refractivity contribution in [1.29, 1.82) is 5.26 Å². The van der Waals surface area contributed by atoms with E-state index in [1.807, 2.05) is 0 Å². The van der Waals surface area contributed by atoms with E-state index >= 15 is 0 Å². The molecule has 0 amide bonds. The minimum Gasteiger partial charge on any atom is -0.406 e. The number of nitriles is 1. The van der Waals surface area contributed by atoms with E-state index in [0.717, 1.165) is 18.2 Å². The van der Waals surface area contributed by atoms with Gasteiger partial charge in [-0.3, -0.25) is 10.1 Å². The minimum atomic E-state index is -4.80. The summed E-state index contributed by atoms with van der Waals surface area (Å²) in [5.74, 6) is -0.410. The number of nitro groups is 1. The number of halogens is 3. The lowest BCUT2D eigenvalue weighted by molar-refractivity contribution is -0.385. The van der Waals surface area contributed by atoms with E-state index in [9.17, 15) is 23.3 Å². The molecule has 2 aromatic rings. The van der Waals surface area contributed by atoms with Crippen molar-refractivity contribution in [2.45, 2.75) is 6.36 Å². The zero-order valence-corrected chi connectivity index (χ0v) is 10.7. The van der Waals surface area contributed by atoms with Gasteiger partial charge in [-0.05, 0) is 17.7 Å². The molecule has 2 rings (SSSR count). The number of pyridine rings is 1. The van der Waals surface area contributed by atoms with E-state index in [0.29, 0.717) is 11.1 Å². The van der Waals surface area contributed by atoms with Gasteiger partial charge in [0, 0.05) is 17.8 Å². The Morgan fingerprint density at radius 2 is 1.86 bits per heavy atom. The molecule has 0 saturated carbocycles. The zero-order chi connectivity index (χ0) is 16.3. The molecule has 0 fully saturated rings. The van der Waals surface area contributed by atoms with Gasteiger partial charge in [0.05, 0.1) is 4.92 Å². The second kappa shape index (κ2) is 5.69. The van der Waals surface area contributed by atoms with Gasteiger partial charge in [0.2, 0.25) is 5.69 Å². The van der Waals surface area contributed by atoms with Crippen LogP contribution >= 0.6 is 0 Å². The number of benzene rings is 1. The smallest absolute Gasteiger partial charge is 0.406 e. The van der Waals surface area contributed by atoms with Gasteiger partial charge < -0.3 is 4.74 Å². The number of nitrogens with zero attached hydrogens (tertiary/aromatic N) is 3. The Morgan fingerprint density at radius 1 is 1.23 bits per heavy atom. The Labute approximate surface area is 121 Å². The summed E-state index contributed by atoms with van der Waals surface area (Å²) in [4.78, 5) is 13.8. The molecule has 0 atom stereocenters. The molecule has 0 unspecified atom stereocenters. The molecule has 1 heterocycles. The summed E-state index contributed by atoms with van der Waals surface area (Å²) in [6, 6.07) is 7.47. The average molecular weight is 309 g/mol. The van der Waals surface area contributed by atoms with Gasteiger partial charge in [0.1, 0.15) is 11.8 Å². The number of hydrogen-bond donors (Lipinski definition) is 0. The van der Waals surface area contributed by atoms with E-state index < -0.39 is 22.7 Å². The molecule has 6 nitrogen and oxygen atoms in total. The standard InChI is InChI=1S/C13H6F3N3O3/c14-13(15,16)22-10-3-1-8(2-4-10)9-5-12(19(20)21)11(6-17)18-7-9/h1-5,7H. The summed E-state index contributed by atoms with van der Waals surface area (Å²) in [6.07, 6.45) is -3.57. The van der Waals surface area contributed by atoms with Crippen molar-refractivity contribution >= 4 is 5.69 Å². The van der Waals surface area contributed by atoms with Crippen LogP contribution in [0.3, 0.4) is 0 Å². The average Bonchev–Trinajstić information content (AvgIpc) is 2.45. The molecule has 0 bridgehead atoms. The highest BCUT2D eigenvalue weighted by Gasteiger charge is 2.31. The molecule has 22 heavy (non-hydrogen) atoms. The van der Waals surface area contributed by atoms with Crippen molar-refractivity contribution in [3.05, 3.63) is 52.3 Å². The fourth-order valence-corrected chi connectivity index (χ4v) is 1.69. The molecule has 0 aliphatic carbocycles. The van der Waals surface area contributed by atoms with Crippen molar-refractivity contribution < 1.29 is 22.8 Å². The number of rotatable bonds is 3. The van der Waals surface area contributed by atoms with Gasteiger partial charge in [-0.25, -0.2) is 4.98 Å². The topological polar surface area (TPSA) is 89.0 Å². The van der Waals surface area contributed by atoms with Crippen molar-refractivity contribution in [3.63, 3.8) is 0 Å². The van der Waals surface area contributed by atoms with Crippen LogP contribution in [0, 0.1) is 21.4 Å². The maximum atomic E-state index is 12.1. The third-order valence-corrected chi connectivity index (χ3v) is 2.59. The Balaban J connectivity index is 2.35. The number of ether oxygens (including phenoxy) is 1. The molecule has 0 aliphatic rings. The zero-order valence-electron chi connectivity index (χ0n) is 10.7. The lowest BCUT2D eigenvalue weighted by Gasteiger charge is -2.09. The maximum Gasteiger partial charge on any atom is 0.573 e. The van der Waals surface area contributed by atoms with Crippen LogP contribution in [-0.4, -0.2) is 16.3 Å². The predicted molar refractivity (Wildman–Crippen MR) is 67.7 cm³/mol. The van der Waals surface area contributed by atoms with Crippen LogP contribution in [0.1, 0.15) is 5.69 Å². The maximum absolute atomic E-state index is 12.1. The summed E-state index contributed by atoms with van der Waals surface area (Å²) in [5, 5.41) is 19.6. The van der Waals surface area contributed by atoms with E-state index in [1.54, 1.807) is 6.07 Å². The molecule has 1 aromatic heterocycles. The Morgan fingerprint density at radius 3 is 2.36 bits per heavy atom. The first-order valence-electron chi connectivity index (χ1n) is 5.71. The van der Waals surface area contributed by atoms with E-state index in [1.165, 1.54) is 18.3 Å². The fraction of sp³-hybridized carbons (Fsp3) is 0.0769. The van der Waals surface area contributed by atoms with Gasteiger partial charge >= 0.3 is 12.0 Å². The van der Waals surface area contributed by atoms with E-state index in [-0.39, 0.29) is 5.69 Å². The molecule has 9 heteroatoms. The summed E-state index contributed by atoms with van der Waals surface area (Å²) in [6.45, 7) is 0. The number of aromatic nitrogens is 1. The monoisotopic (exact) mass is 309 g/mol. The molecule has 0 spiro atoms. The fourth-order valence-electron chi connectivity index (χ4n) is 1.69. The lowest BCUT2D eigenvalue weighted by Crippen LogP contribution is -2.16. The molecule has 1 aromatic carbocycles. The molecular formula is C13H6F3N3O3. The third kappa shape index (κ3) is 3.49. The largest absolute Gasteiger partial charge is 0.573 e. The Kier molecular flexibility index (Phi) is 3.94. The van der Waals surface area contributed by atoms with Crippen LogP contribution < -0.4 is 4.74 Å². The molecule has 0 aliphatic heterocycles. The van der Waals surface area contributed by atoms with Crippen LogP contribution in [0.2, 0.25) is 0 Å². The van der Waals surface area contributed by atoms with Crippen molar-refractivity contribution in [2.24, 2.45) is 0 Å². The van der Waals surface area contributed by atoms with Gasteiger partial charge in [0.25, 0.3) is 0 Å². The van der Waals surface area contributed by atoms with Crippen LogP contribution in [0.4, 0.5) is 18.9 Å². The summed E-state index contributed by atoms with van der Waals surface area (Å²) in [5.41, 5.74) is -0.125. The van der Waals surface area contributed by atoms with Crippen LogP contribution in [-0.2, 0) is 0 Å². The molecular weight excluding hydrogens is 303 g/mol. The SMILES string of the molecule is N#Cc1ncc(-c2ccc(OC(F)(F)F)cc2)cc1[N+](=O)[O-]. The summed E-state index contributed by atoms with van der Waals surface area (Å²) >= 11 is 0. The normalized spacial score (nSPS) is 10.8. The second-order valence-electron chi connectivity index (χ2n) is 4.03. The first kappa shape index (κ1) is 15.2. The quantitative estimate of drug-likeness (QED) is 0.640. The van der Waals surface area contributed by atoms with Crippen molar-refractivity contribution in [2.75, 3.05) is 0 Å². The van der Waals surface area contributed by atoms with Gasteiger partial charge in [-0.2, -0.15) is 5.26 Å². The highest BCUT2D eigenvalue weighted by Crippen LogP contribution is 2.28. The second-order valence-corrected chi connectivity index (χ2v) is 4.03. The first-order chi connectivity index (χ1) is 10.3. The van der Waals surface area contributed by atoms with Gasteiger partial charge in [0.15, 0.2) is 0 Å². The first-order valence-corrected chi connectivity index (χ1v) is 5.71. The van der Waals surface area contributed by atoms with Crippen LogP contribution in [0.25, 0.3) is 11.1 Å².